The van der Waals surface area contributed by atoms with Crippen LogP contribution >= 0.6 is 0 Å². The third-order valence-electron chi connectivity index (χ3n) is 3.51. The molecule has 0 aromatic rings. The third-order valence-corrected chi connectivity index (χ3v) is 3.51. The molecule has 0 heterocycles. The molecule has 0 saturated heterocycles. The molecule has 0 radical (unpaired) electrons. The normalized spacial score (nSPS) is 17.2. The van der Waals surface area contributed by atoms with Gasteiger partial charge < -0.3 is 10.4 Å². The molecule has 1 aliphatic rings. The minimum Gasteiger partial charge on any atom is -0.481 e. The van der Waals surface area contributed by atoms with Gasteiger partial charge in [0.15, 0.2) is 0 Å². The Morgan fingerprint density at radius 3 is 2.59 bits per heavy atom. The van der Waals surface area contributed by atoms with Crippen LogP contribution in [0.1, 0.15) is 51.9 Å². The van der Waals surface area contributed by atoms with E-state index in [0.717, 1.165) is 6.42 Å². The van der Waals surface area contributed by atoms with E-state index in [1.54, 1.807) is 0 Å². The van der Waals surface area contributed by atoms with Crippen LogP contribution in [-0.2, 0) is 9.59 Å². The molecule has 0 bridgehead atoms. The van der Waals surface area contributed by atoms with Gasteiger partial charge >= 0.3 is 5.97 Å². The number of carboxylic acids is 1. The molecule has 4 nitrogen and oxygen atoms in total. The molecule has 0 spiro atoms. The molecule has 4 heteroatoms. The molecule has 1 rings (SSSR count). The van der Waals surface area contributed by atoms with E-state index in [0.29, 0.717) is 31.2 Å². The number of hydrogen-bond acceptors (Lipinski definition) is 2. The molecule has 0 aliphatic heterocycles. The Morgan fingerprint density at radius 2 is 2.06 bits per heavy atom. The quantitative estimate of drug-likeness (QED) is 0.684. The molecule has 1 fully saturated rings. The average Bonchev–Trinajstić information content (AvgIpc) is 2.20. The summed E-state index contributed by atoms with van der Waals surface area (Å²) >= 11 is 0. The van der Waals surface area contributed by atoms with E-state index in [4.69, 9.17) is 5.11 Å². The Kier molecular flexibility index (Phi) is 6.01. The van der Waals surface area contributed by atoms with Gasteiger partial charge in [0.1, 0.15) is 0 Å². The Labute approximate surface area is 103 Å². The lowest BCUT2D eigenvalue weighted by atomic mass is 9.83. The van der Waals surface area contributed by atoms with Gasteiger partial charge in [0.2, 0.25) is 5.91 Å². The van der Waals surface area contributed by atoms with Crippen LogP contribution in [-0.4, -0.2) is 23.5 Å². The molecule has 1 saturated carbocycles. The summed E-state index contributed by atoms with van der Waals surface area (Å²) in [6, 6.07) is 0. The summed E-state index contributed by atoms with van der Waals surface area (Å²) < 4.78 is 0. The van der Waals surface area contributed by atoms with Gasteiger partial charge in [-0.1, -0.05) is 13.3 Å². The van der Waals surface area contributed by atoms with Crippen LogP contribution in [0.4, 0.5) is 0 Å². The first kappa shape index (κ1) is 14.0. The Hall–Kier alpha value is -1.06. The smallest absolute Gasteiger partial charge is 0.303 e. The van der Waals surface area contributed by atoms with Crippen LogP contribution in [0.3, 0.4) is 0 Å². The number of hydrogen-bond donors (Lipinski definition) is 2. The highest BCUT2D eigenvalue weighted by Gasteiger charge is 2.20. The van der Waals surface area contributed by atoms with Gasteiger partial charge in [-0.2, -0.15) is 0 Å². The molecule has 17 heavy (non-hydrogen) atoms. The monoisotopic (exact) mass is 241 g/mol. The van der Waals surface area contributed by atoms with Crippen molar-refractivity contribution in [3.63, 3.8) is 0 Å². The van der Waals surface area contributed by atoms with Gasteiger partial charge in [-0.3, -0.25) is 9.59 Å². The summed E-state index contributed by atoms with van der Waals surface area (Å²) in [6.07, 6.45) is 6.10. The van der Waals surface area contributed by atoms with Crippen molar-refractivity contribution in [1.82, 2.24) is 5.32 Å². The molecule has 0 aromatic carbocycles. The average molecular weight is 241 g/mol. The van der Waals surface area contributed by atoms with Crippen molar-refractivity contribution >= 4 is 11.9 Å². The Bertz CT molecular complexity index is 261. The van der Waals surface area contributed by atoms with Crippen LogP contribution in [0, 0.1) is 11.8 Å². The number of carboxylic acid groups (broad SMARTS) is 1. The van der Waals surface area contributed by atoms with Crippen molar-refractivity contribution < 1.29 is 14.7 Å². The standard InChI is InChI=1S/C13H23NO3/c1-10(5-6-13(16)17)7-8-14-12(15)9-11-3-2-4-11/h10-11H,2-9H2,1H3,(H,14,15)(H,16,17). The minimum atomic E-state index is -0.745. The Balaban J connectivity index is 1.97. The second-order valence-electron chi connectivity index (χ2n) is 5.18. The maximum Gasteiger partial charge on any atom is 0.303 e. The number of nitrogens with one attached hydrogen (secondary N) is 1. The van der Waals surface area contributed by atoms with Crippen LogP contribution in [0.25, 0.3) is 0 Å². The molecule has 1 unspecified atom stereocenters. The highest BCUT2D eigenvalue weighted by atomic mass is 16.4. The van der Waals surface area contributed by atoms with Crippen molar-refractivity contribution in [1.29, 1.82) is 0 Å². The van der Waals surface area contributed by atoms with Gasteiger partial charge in [-0.25, -0.2) is 0 Å². The number of carbonyl (C=O) groups excluding carboxylic acids is 1. The predicted molar refractivity (Wildman–Crippen MR) is 65.6 cm³/mol. The van der Waals surface area contributed by atoms with E-state index in [1.165, 1.54) is 19.3 Å². The highest BCUT2D eigenvalue weighted by Crippen LogP contribution is 2.29. The number of aliphatic carboxylic acids is 1. The summed E-state index contributed by atoms with van der Waals surface area (Å²) in [5.74, 6) is 0.376. The van der Waals surface area contributed by atoms with E-state index in [9.17, 15) is 9.59 Å². The number of carbonyl (C=O) groups is 2. The number of amides is 1. The van der Waals surface area contributed by atoms with Crippen LogP contribution in [0.15, 0.2) is 0 Å². The van der Waals surface area contributed by atoms with Gasteiger partial charge in [0.05, 0.1) is 0 Å². The topological polar surface area (TPSA) is 66.4 Å². The predicted octanol–water partition coefficient (Wildman–Crippen LogP) is 2.18. The molecule has 98 valence electrons. The molecule has 1 amide bonds. The van der Waals surface area contributed by atoms with Crippen LogP contribution in [0.5, 0.6) is 0 Å². The van der Waals surface area contributed by atoms with E-state index < -0.39 is 5.97 Å². The largest absolute Gasteiger partial charge is 0.481 e. The molecule has 0 aromatic heterocycles. The van der Waals surface area contributed by atoms with E-state index in [-0.39, 0.29) is 12.3 Å². The molecule has 2 N–H and O–H groups in total. The zero-order chi connectivity index (χ0) is 12.7. The lowest BCUT2D eigenvalue weighted by Crippen LogP contribution is -2.29. The lowest BCUT2D eigenvalue weighted by Gasteiger charge is -2.24. The van der Waals surface area contributed by atoms with Crippen molar-refractivity contribution in [2.24, 2.45) is 11.8 Å². The molecule has 1 aliphatic carbocycles. The maximum absolute atomic E-state index is 11.5. The molecular formula is C13H23NO3. The summed E-state index contributed by atoms with van der Waals surface area (Å²) in [4.78, 5) is 21.9. The summed E-state index contributed by atoms with van der Waals surface area (Å²) in [6.45, 7) is 2.70. The fourth-order valence-electron chi connectivity index (χ4n) is 2.00. The van der Waals surface area contributed by atoms with Crippen molar-refractivity contribution in [2.45, 2.75) is 51.9 Å². The maximum atomic E-state index is 11.5. The van der Waals surface area contributed by atoms with E-state index >= 15 is 0 Å². The minimum absolute atomic E-state index is 0.153. The zero-order valence-corrected chi connectivity index (χ0v) is 10.6. The van der Waals surface area contributed by atoms with E-state index in [1.807, 2.05) is 6.92 Å². The third kappa shape index (κ3) is 6.29. The fourth-order valence-corrected chi connectivity index (χ4v) is 2.00. The van der Waals surface area contributed by atoms with Crippen LogP contribution < -0.4 is 5.32 Å². The zero-order valence-electron chi connectivity index (χ0n) is 10.6. The van der Waals surface area contributed by atoms with Gasteiger partial charge in [0.25, 0.3) is 0 Å². The lowest BCUT2D eigenvalue weighted by molar-refractivity contribution is -0.137. The SMILES string of the molecule is CC(CCNC(=O)CC1CCC1)CCC(=O)O. The first-order chi connectivity index (χ1) is 8.08. The summed E-state index contributed by atoms with van der Waals surface area (Å²) in [7, 11) is 0. The molecular weight excluding hydrogens is 218 g/mol. The van der Waals surface area contributed by atoms with E-state index in [2.05, 4.69) is 5.32 Å². The van der Waals surface area contributed by atoms with Gasteiger partial charge in [-0.05, 0) is 37.5 Å². The van der Waals surface area contributed by atoms with Gasteiger partial charge in [-0.15, -0.1) is 0 Å². The first-order valence-electron chi connectivity index (χ1n) is 6.56. The first-order valence-corrected chi connectivity index (χ1v) is 6.56. The van der Waals surface area contributed by atoms with Crippen molar-refractivity contribution in [2.75, 3.05) is 6.54 Å². The summed E-state index contributed by atoms with van der Waals surface area (Å²) in [5.41, 5.74) is 0. The second kappa shape index (κ2) is 7.30. The van der Waals surface area contributed by atoms with Gasteiger partial charge in [0, 0.05) is 19.4 Å². The summed E-state index contributed by atoms with van der Waals surface area (Å²) in [5, 5.41) is 11.5. The number of rotatable bonds is 8. The molecule has 1 atom stereocenters. The van der Waals surface area contributed by atoms with Crippen molar-refractivity contribution in [3.8, 4) is 0 Å². The Morgan fingerprint density at radius 1 is 1.35 bits per heavy atom. The van der Waals surface area contributed by atoms with Crippen LogP contribution in [0.2, 0.25) is 0 Å². The second-order valence-corrected chi connectivity index (χ2v) is 5.18. The fraction of sp³-hybridized carbons (Fsp3) is 0.846. The highest BCUT2D eigenvalue weighted by molar-refractivity contribution is 5.76. The van der Waals surface area contributed by atoms with Crippen molar-refractivity contribution in [3.05, 3.63) is 0 Å².